The predicted octanol–water partition coefficient (Wildman–Crippen LogP) is 1.81. The zero-order valence-electron chi connectivity index (χ0n) is 11.7. The van der Waals surface area contributed by atoms with Crippen LogP contribution in [-0.2, 0) is 11.2 Å². The second-order valence-corrected chi connectivity index (χ2v) is 5.21. The van der Waals surface area contributed by atoms with Crippen molar-refractivity contribution in [1.82, 2.24) is 5.32 Å². The number of rotatable bonds is 5. The van der Waals surface area contributed by atoms with Gasteiger partial charge in [0.2, 0.25) is 5.91 Å². The van der Waals surface area contributed by atoms with E-state index in [1.54, 1.807) is 0 Å². The average Bonchev–Trinajstić information content (AvgIpc) is 2.91. The van der Waals surface area contributed by atoms with E-state index in [9.17, 15) is 4.79 Å². The van der Waals surface area contributed by atoms with Crippen LogP contribution in [0.4, 0.5) is 0 Å². The van der Waals surface area contributed by atoms with Crippen molar-refractivity contribution in [1.29, 1.82) is 0 Å². The molecule has 0 radical (unpaired) electrons. The summed E-state index contributed by atoms with van der Waals surface area (Å²) in [4.78, 5) is 11.6. The van der Waals surface area contributed by atoms with Crippen LogP contribution >= 0.6 is 0 Å². The summed E-state index contributed by atoms with van der Waals surface area (Å²) in [5.41, 5.74) is 7.58. The van der Waals surface area contributed by atoms with Crippen LogP contribution in [-0.4, -0.2) is 18.6 Å². The molecule has 0 saturated carbocycles. The van der Waals surface area contributed by atoms with E-state index >= 15 is 0 Å². The van der Waals surface area contributed by atoms with Gasteiger partial charge in [0.25, 0.3) is 0 Å². The fraction of sp³-hybridized carbons (Fsp3) is 0.235. The number of nitrogens with two attached hydrogens (primary N) is 1. The fourth-order valence-electron chi connectivity index (χ4n) is 2.65. The van der Waals surface area contributed by atoms with Gasteiger partial charge in [0.05, 0.1) is 0 Å². The van der Waals surface area contributed by atoms with Crippen molar-refractivity contribution in [3.8, 4) is 5.75 Å². The Bertz CT molecular complexity index is 603. The lowest BCUT2D eigenvalue weighted by Crippen LogP contribution is -2.39. The van der Waals surface area contributed by atoms with Gasteiger partial charge in [-0.3, -0.25) is 10.1 Å². The first-order chi connectivity index (χ1) is 10.2. The van der Waals surface area contributed by atoms with Gasteiger partial charge in [-0.05, 0) is 17.2 Å². The minimum absolute atomic E-state index is 0.0352. The van der Waals surface area contributed by atoms with E-state index in [1.165, 1.54) is 5.56 Å². The van der Waals surface area contributed by atoms with E-state index in [-0.39, 0.29) is 12.0 Å². The van der Waals surface area contributed by atoms with Crippen LogP contribution < -0.4 is 15.8 Å². The van der Waals surface area contributed by atoms with Crippen LogP contribution in [0.2, 0.25) is 0 Å². The first kappa shape index (κ1) is 13.6. The van der Waals surface area contributed by atoms with E-state index in [0.717, 1.165) is 17.7 Å². The highest BCUT2D eigenvalue weighted by atomic mass is 16.5. The smallest absolute Gasteiger partial charge is 0.239 e. The zero-order valence-corrected chi connectivity index (χ0v) is 11.7. The normalized spacial score (nSPS) is 17.8. The highest BCUT2D eigenvalue weighted by molar-refractivity contribution is 5.81. The van der Waals surface area contributed by atoms with Gasteiger partial charge in [0.15, 0.2) is 0 Å². The highest BCUT2D eigenvalue weighted by Gasteiger charge is 2.24. The first-order valence-electron chi connectivity index (χ1n) is 7.06. The quantitative estimate of drug-likeness (QED) is 0.879. The molecule has 1 aliphatic heterocycles. The third kappa shape index (κ3) is 3.06. The van der Waals surface area contributed by atoms with Crippen molar-refractivity contribution in [2.24, 2.45) is 5.73 Å². The molecule has 0 bridgehead atoms. The molecule has 0 aromatic heterocycles. The molecule has 0 unspecified atom stereocenters. The van der Waals surface area contributed by atoms with E-state index in [0.29, 0.717) is 6.54 Å². The summed E-state index contributed by atoms with van der Waals surface area (Å²) in [6, 6.07) is 17.0. The van der Waals surface area contributed by atoms with Gasteiger partial charge in [0, 0.05) is 13.0 Å². The van der Waals surface area contributed by atoms with Gasteiger partial charge in [-0.1, -0.05) is 48.5 Å². The largest absolute Gasteiger partial charge is 0.488 e. The molecule has 1 heterocycles. The maximum Gasteiger partial charge on any atom is 0.239 e. The summed E-state index contributed by atoms with van der Waals surface area (Å²) in [7, 11) is 0. The Kier molecular flexibility index (Phi) is 3.88. The standard InChI is InChI=1S/C17H18N2O2/c18-17(20)16(12-6-2-1-3-7-12)19-11-14-10-13-8-4-5-9-15(13)21-14/h1-9,14,16,19H,10-11H2,(H2,18,20)/t14-,16-/m1/s1. The number of ether oxygens (including phenoxy) is 1. The van der Waals surface area contributed by atoms with E-state index in [2.05, 4.69) is 11.4 Å². The number of hydrogen-bond acceptors (Lipinski definition) is 3. The Morgan fingerprint density at radius 3 is 2.62 bits per heavy atom. The number of nitrogens with one attached hydrogen (secondary N) is 1. The number of hydrogen-bond donors (Lipinski definition) is 2. The van der Waals surface area contributed by atoms with Gasteiger partial charge in [-0.15, -0.1) is 0 Å². The number of carbonyl (C=O) groups excluding carboxylic acids is 1. The second kappa shape index (κ2) is 5.97. The lowest BCUT2D eigenvalue weighted by atomic mass is 10.1. The first-order valence-corrected chi connectivity index (χ1v) is 7.06. The summed E-state index contributed by atoms with van der Waals surface area (Å²) >= 11 is 0. The topological polar surface area (TPSA) is 64.4 Å². The maximum absolute atomic E-state index is 11.6. The Morgan fingerprint density at radius 1 is 1.19 bits per heavy atom. The van der Waals surface area contributed by atoms with Crippen LogP contribution in [0.1, 0.15) is 17.2 Å². The molecule has 0 fully saturated rings. The molecular formula is C17H18N2O2. The molecule has 2 atom stereocenters. The summed E-state index contributed by atoms with van der Waals surface area (Å²) in [5.74, 6) is 0.552. The summed E-state index contributed by atoms with van der Waals surface area (Å²) in [5, 5.41) is 3.21. The van der Waals surface area contributed by atoms with Crippen LogP contribution in [0.3, 0.4) is 0 Å². The lowest BCUT2D eigenvalue weighted by Gasteiger charge is -2.18. The molecule has 0 spiro atoms. The predicted molar refractivity (Wildman–Crippen MR) is 80.9 cm³/mol. The number of benzene rings is 2. The van der Waals surface area contributed by atoms with Crippen molar-refractivity contribution in [3.63, 3.8) is 0 Å². The maximum atomic E-state index is 11.6. The fourth-order valence-corrected chi connectivity index (χ4v) is 2.65. The number of para-hydroxylation sites is 1. The molecule has 2 aromatic carbocycles. The molecule has 3 N–H and O–H groups in total. The average molecular weight is 282 g/mol. The van der Waals surface area contributed by atoms with Gasteiger partial charge >= 0.3 is 0 Å². The molecule has 21 heavy (non-hydrogen) atoms. The lowest BCUT2D eigenvalue weighted by molar-refractivity contribution is -0.120. The summed E-state index contributed by atoms with van der Waals surface area (Å²) in [6.07, 6.45) is 0.886. The molecular weight excluding hydrogens is 264 g/mol. The molecule has 0 aliphatic carbocycles. The van der Waals surface area contributed by atoms with Crippen molar-refractivity contribution in [2.75, 3.05) is 6.54 Å². The molecule has 3 rings (SSSR count). The molecule has 4 nitrogen and oxygen atoms in total. The number of primary amides is 1. The number of amides is 1. The van der Waals surface area contributed by atoms with Crippen molar-refractivity contribution < 1.29 is 9.53 Å². The number of fused-ring (bicyclic) bond motifs is 1. The Balaban J connectivity index is 1.63. The Hall–Kier alpha value is -2.33. The van der Waals surface area contributed by atoms with Crippen molar-refractivity contribution >= 4 is 5.91 Å². The van der Waals surface area contributed by atoms with E-state index in [4.69, 9.17) is 10.5 Å². The SMILES string of the molecule is NC(=O)[C@H](NC[C@H]1Cc2ccccc2O1)c1ccccc1. The van der Waals surface area contributed by atoms with E-state index in [1.807, 2.05) is 48.5 Å². The third-order valence-electron chi connectivity index (χ3n) is 3.68. The Labute approximate surface area is 123 Å². The summed E-state index contributed by atoms with van der Waals surface area (Å²) in [6.45, 7) is 0.581. The zero-order chi connectivity index (χ0) is 14.7. The van der Waals surface area contributed by atoms with Crippen molar-refractivity contribution in [3.05, 3.63) is 65.7 Å². The van der Waals surface area contributed by atoms with Crippen LogP contribution in [0.5, 0.6) is 5.75 Å². The van der Waals surface area contributed by atoms with E-state index < -0.39 is 6.04 Å². The Morgan fingerprint density at radius 2 is 1.90 bits per heavy atom. The van der Waals surface area contributed by atoms with Crippen LogP contribution in [0.25, 0.3) is 0 Å². The number of carbonyl (C=O) groups is 1. The summed E-state index contributed by atoms with van der Waals surface area (Å²) < 4.78 is 5.86. The molecule has 108 valence electrons. The molecule has 1 amide bonds. The van der Waals surface area contributed by atoms with Gasteiger partial charge < -0.3 is 10.5 Å². The molecule has 0 saturated heterocycles. The third-order valence-corrected chi connectivity index (χ3v) is 3.68. The van der Waals surface area contributed by atoms with Gasteiger partial charge in [-0.25, -0.2) is 0 Å². The minimum atomic E-state index is -0.487. The molecule has 4 heteroatoms. The monoisotopic (exact) mass is 282 g/mol. The highest BCUT2D eigenvalue weighted by Crippen LogP contribution is 2.28. The minimum Gasteiger partial charge on any atom is -0.488 e. The van der Waals surface area contributed by atoms with Gasteiger partial charge in [-0.2, -0.15) is 0 Å². The van der Waals surface area contributed by atoms with Crippen LogP contribution in [0.15, 0.2) is 54.6 Å². The van der Waals surface area contributed by atoms with Crippen LogP contribution in [0, 0.1) is 0 Å². The van der Waals surface area contributed by atoms with Gasteiger partial charge in [0.1, 0.15) is 17.9 Å². The van der Waals surface area contributed by atoms with Crippen molar-refractivity contribution in [2.45, 2.75) is 18.6 Å². The molecule has 1 aliphatic rings. The second-order valence-electron chi connectivity index (χ2n) is 5.21. The molecule has 2 aromatic rings.